The molecule has 2 rings (SSSR count). The summed E-state index contributed by atoms with van der Waals surface area (Å²) in [5, 5.41) is 1.43. The number of alkyl halides is 3. The van der Waals surface area contributed by atoms with E-state index in [1.165, 1.54) is 13.8 Å². The molecule has 2 aliphatic rings. The molecular formula is C13H12Cl4N2O5S. The Labute approximate surface area is 165 Å². The van der Waals surface area contributed by atoms with Crippen molar-refractivity contribution in [2.45, 2.75) is 29.1 Å². The van der Waals surface area contributed by atoms with Crippen molar-refractivity contribution in [3.05, 3.63) is 21.7 Å². The molecule has 1 N–H and O–H groups in total. The van der Waals surface area contributed by atoms with Gasteiger partial charge < -0.3 is 10.1 Å². The summed E-state index contributed by atoms with van der Waals surface area (Å²) in [6.45, 7) is 2.14. The number of hydrogen-bond acceptors (Lipinski definition) is 5. The largest absolute Gasteiger partial charge is 0.456 e. The Kier molecular flexibility index (Phi) is 6.10. The lowest BCUT2D eigenvalue weighted by atomic mass is 10.0. The lowest BCUT2D eigenvalue weighted by molar-refractivity contribution is -0.152. The third kappa shape index (κ3) is 3.98. The summed E-state index contributed by atoms with van der Waals surface area (Å²) in [7, 11) is -1.75. The zero-order valence-electron chi connectivity index (χ0n) is 12.8. The number of fused-ring (bicyclic) bond motifs is 1. The van der Waals surface area contributed by atoms with Crippen molar-refractivity contribution < 1.29 is 23.3 Å². The number of allylic oxidation sites excluding steroid dienone is 1. The van der Waals surface area contributed by atoms with Crippen LogP contribution in [0.1, 0.15) is 13.8 Å². The number of ether oxygens (including phenoxy) is 1. The number of carbonyl (C=O) groups excluding carboxylic acids is 3. The molecule has 2 amide bonds. The second kappa shape index (κ2) is 7.44. The van der Waals surface area contributed by atoms with Gasteiger partial charge in [-0.2, -0.15) is 0 Å². The molecule has 1 fully saturated rings. The Morgan fingerprint density at radius 1 is 1.40 bits per heavy atom. The summed E-state index contributed by atoms with van der Waals surface area (Å²) in [5.74, 6) is -2.00. The van der Waals surface area contributed by atoms with Gasteiger partial charge in [0.1, 0.15) is 23.7 Å². The second-order valence-electron chi connectivity index (χ2n) is 5.21. The number of carbonyl (C=O) groups is 3. The molecule has 0 aromatic rings. The molecule has 12 heteroatoms. The number of β-lactam (4-membered cyclic amide) rings is 1. The van der Waals surface area contributed by atoms with E-state index < -0.39 is 50.4 Å². The van der Waals surface area contributed by atoms with E-state index in [4.69, 9.17) is 51.1 Å². The van der Waals surface area contributed by atoms with Gasteiger partial charge >= 0.3 is 5.97 Å². The lowest BCUT2D eigenvalue weighted by Gasteiger charge is -2.49. The molecule has 0 aromatic heterocycles. The Balaban J connectivity index is 2.39. The molecule has 3 atom stereocenters. The van der Waals surface area contributed by atoms with Crippen LogP contribution in [0, 0.1) is 0 Å². The van der Waals surface area contributed by atoms with Crippen LogP contribution in [0.5, 0.6) is 0 Å². The van der Waals surface area contributed by atoms with Gasteiger partial charge in [0.25, 0.3) is 5.91 Å². The highest BCUT2D eigenvalue weighted by molar-refractivity contribution is 7.90. The summed E-state index contributed by atoms with van der Waals surface area (Å²) < 4.78 is 15.7. The zero-order chi connectivity index (χ0) is 19.1. The SMILES string of the molecule is CC(=O)NC1C(=O)N2C(C(=O)OCC(Cl)(Cl)Cl)=C(C)/C(=C\Cl)S(=O)C12. The number of nitrogens with one attached hydrogen (secondary N) is 1. The molecule has 0 spiro atoms. The molecule has 138 valence electrons. The quantitative estimate of drug-likeness (QED) is 0.402. The van der Waals surface area contributed by atoms with Crippen molar-refractivity contribution in [3.8, 4) is 0 Å². The van der Waals surface area contributed by atoms with Crippen molar-refractivity contribution in [2.24, 2.45) is 0 Å². The van der Waals surface area contributed by atoms with Crippen LogP contribution in [0.4, 0.5) is 0 Å². The summed E-state index contributed by atoms with van der Waals surface area (Å²) in [5.41, 5.74) is 1.10. The van der Waals surface area contributed by atoms with Gasteiger partial charge in [-0.25, -0.2) is 4.79 Å². The van der Waals surface area contributed by atoms with Crippen LogP contribution in [-0.2, 0) is 29.9 Å². The van der Waals surface area contributed by atoms with Gasteiger partial charge in [-0.15, -0.1) is 0 Å². The maximum atomic E-state index is 12.6. The topological polar surface area (TPSA) is 92.8 Å². The van der Waals surface area contributed by atoms with Gasteiger partial charge in [0, 0.05) is 12.5 Å². The third-order valence-corrected chi connectivity index (χ3v) is 5.92. The van der Waals surface area contributed by atoms with E-state index in [0.29, 0.717) is 0 Å². The number of rotatable bonds is 3. The first-order valence-electron chi connectivity index (χ1n) is 6.76. The molecule has 25 heavy (non-hydrogen) atoms. The minimum atomic E-state index is -1.83. The smallest absolute Gasteiger partial charge is 0.355 e. The second-order valence-corrected chi connectivity index (χ2v) is 9.46. The van der Waals surface area contributed by atoms with Crippen LogP contribution in [0.25, 0.3) is 0 Å². The molecule has 0 aliphatic carbocycles. The van der Waals surface area contributed by atoms with Gasteiger partial charge in [-0.05, 0) is 12.5 Å². The van der Waals surface area contributed by atoms with E-state index in [1.54, 1.807) is 0 Å². The number of halogens is 4. The standard InChI is InChI=1S/C13H12Cl4N2O5S/c1-5-7(3-14)25(23)11-8(18-6(2)20)10(21)19(11)9(5)12(22)24-4-13(15,16)17/h3,8,11H,4H2,1-2H3,(H,18,20)/b7-3+. The average Bonchev–Trinajstić information content (AvgIpc) is 2.49. The number of nitrogens with zero attached hydrogens (tertiary/aromatic N) is 1. The van der Waals surface area contributed by atoms with Gasteiger partial charge in [-0.3, -0.25) is 18.7 Å². The minimum absolute atomic E-state index is 0.145. The summed E-state index contributed by atoms with van der Waals surface area (Å²) in [6.07, 6.45) is 0. The maximum absolute atomic E-state index is 12.6. The maximum Gasteiger partial charge on any atom is 0.355 e. The predicted octanol–water partition coefficient (Wildman–Crippen LogP) is 1.69. The molecular weight excluding hydrogens is 438 g/mol. The lowest BCUT2D eigenvalue weighted by Crippen LogP contribution is -2.73. The molecule has 7 nitrogen and oxygen atoms in total. The molecule has 0 aromatic carbocycles. The first-order chi connectivity index (χ1) is 11.5. The summed E-state index contributed by atoms with van der Waals surface area (Å²) >= 11 is 22.4. The third-order valence-electron chi connectivity index (χ3n) is 3.46. The summed E-state index contributed by atoms with van der Waals surface area (Å²) in [4.78, 5) is 37.1. The Hall–Kier alpha value is -0.800. The van der Waals surface area contributed by atoms with Crippen molar-refractivity contribution in [1.82, 2.24) is 10.2 Å². The highest BCUT2D eigenvalue weighted by Crippen LogP contribution is 2.40. The van der Waals surface area contributed by atoms with Gasteiger partial charge in [0.15, 0.2) is 0 Å². The number of amides is 2. The van der Waals surface area contributed by atoms with Crippen LogP contribution in [0.15, 0.2) is 21.7 Å². The van der Waals surface area contributed by atoms with E-state index in [0.717, 1.165) is 10.4 Å². The molecule has 2 heterocycles. The molecule has 2 aliphatic heterocycles. The number of esters is 1. The predicted molar refractivity (Wildman–Crippen MR) is 94.3 cm³/mol. The normalized spacial score (nSPS) is 27.8. The molecule has 0 bridgehead atoms. The average molecular weight is 450 g/mol. The van der Waals surface area contributed by atoms with Gasteiger partial charge in [-0.1, -0.05) is 46.4 Å². The van der Waals surface area contributed by atoms with Crippen LogP contribution >= 0.6 is 46.4 Å². The van der Waals surface area contributed by atoms with E-state index in [9.17, 15) is 18.6 Å². The van der Waals surface area contributed by atoms with E-state index in [2.05, 4.69) is 5.32 Å². The minimum Gasteiger partial charge on any atom is -0.456 e. The van der Waals surface area contributed by atoms with Crippen LogP contribution in [-0.4, -0.2) is 48.7 Å². The van der Waals surface area contributed by atoms with Gasteiger partial charge in [0.05, 0.1) is 15.7 Å². The van der Waals surface area contributed by atoms with Gasteiger partial charge in [0.2, 0.25) is 9.70 Å². The van der Waals surface area contributed by atoms with E-state index >= 15 is 0 Å². The highest BCUT2D eigenvalue weighted by Gasteiger charge is 2.58. The molecule has 0 saturated carbocycles. The monoisotopic (exact) mass is 448 g/mol. The fraction of sp³-hybridized carbons (Fsp3) is 0.462. The highest BCUT2D eigenvalue weighted by atomic mass is 35.6. The van der Waals surface area contributed by atoms with Crippen molar-refractivity contribution in [2.75, 3.05) is 6.61 Å². The fourth-order valence-electron chi connectivity index (χ4n) is 2.44. The van der Waals surface area contributed by atoms with Crippen LogP contribution in [0.3, 0.4) is 0 Å². The van der Waals surface area contributed by atoms with E-state index in [-0.39, 0.29) is 16.2 Å². The Bertz CT molecular complexity index is 730. The zero-order valence-corrected chi connectivity index (χ0v) is 16.7. The first kappa shape index (κ1) is 20.5. The fourth-order valence-corrected chi connectivity index (χ4v) is 4.61. The molecule has 0 radical (unpaired) electrons. The Morgan fingerprint density at radius 3 is 2.48 bits per heavy atom. The van der Waals surface area contributed by atoms with Crippen molar-refractivity contribution in [1.29, 1.82) is 0 Å². The van der Waals surface area contributed by atoms with E-state index in [1.807, 2.05) is 0 Å². The molecule has 3 unspecified atom stereocenters. The van der Waals surface area contributed by atoms with Crippen molar-refractivity contribution in [3.63, 3.8) is 0 Å². The molecule has 1 saturated heterocycles. The number of hydrogen-bond donors (Lipinski definition) is 1. The summed E-state index contributed by atoms with van der Waals surface area (Å²) in [6, 6.07) is -1.03. The van der Waals surface area contributed by atoms with Crippen LogP contribution in [0.2, 0.25) is 0 Å². The van der Waals surface area contributed by atoms with Crippen molar-refractivity contribution >= 4 is 75.0 Å². The van der Waals surface area contributed by atoms with Crippen LogP contribution < -0.4 is 5.32 Å². The Morgan fingerprint density at radius 2 is 2.00 bits per heavy atom. The first-order valence-corrected chi connectivity index (χ1v) is 9.54.